The summed E-state index contributed by atoms with van der Waals surface area (Å²) in [7, 11) is -1.85. The van der Waals surface area contributed by atoms with Crippen LogP contribution in [0.3, 0.4) is 0 Å². The number of hydrogen-bond donors (Lipinski definition) is 3. The van der Waals surface area contributed by atoms with Gasteiger partial charge in [-0.25, -0.2) is 17.8 Å². The van der Waals surface area contributed by atoms with E-state index in [1.165, 1.54) is 25.0 Å². The predicted octanol–water partition coefficient (Wildman–Crippen LogP) is 5.11. The van der Waals surface area contributed by atoms with Crippen molar-refractivity contribution in [3.8, 4) is 34.0 Å². The zero-order chi connectivity index (χ0) is 35.5. The highest BCUT2D eigenvalue weighted by atomic mass is 32.2. The number of nitrogens with one attached hydrogen (secondary N) is 2. The van der Waals surface area contributed by atoms with Gasteiger partial charge in [0.05, 0.1) is 26.3 Å². The standard InChI is InChI=1S/C35H36F3N7O4S/c1-48-27-11-3-23(4-12-27)21-41-50(46,47)32-30(35(36,37)38)16-15-29(25-7-9-26(10-8-25)34(39)17-19-40-20-18-34)31(32)33-42-43-44-45(33)22-24-5-13-28(49-2)14-6-24/h3-16,40-41H,17-22,39H2,1-2H3. The van der Waals surface area contributed by atoms with Gasteiger partial charge < -0.3 is 20.5 Å². The van der Waals surface area contributed by atoms with Crippen molar-refractivity contribution in [1.29, 1.82) is 0 Å². The summed E-state index contributed by atoms with van der Waals surface area (Å²) in [6, 6.07) is 22.6. The minimum atomic E-state index is -5.05. The van der Waals surface area contributed by atoms with Crippen molar-refractivity contribution in [2.24, 2.45) is 5.73 Å². The van der Waals surface area contributed by atoms with Gasteiger partial charge in [-0.3, -0.25) is 0 Å². The Morgan fingerprint density at radius 1 is 0.880 bits per heavy atom. The molecule has 1 aromatic heterocycles. The average molecular weight is 708 g/mol. The number of piperidine rings is 1. The molecule has 0 radical (unpaired) electrons. The van der Waals surface area contributed by atoms with Crippen LogP contribution in [0.25, 0.3) is 22.5 Å². The smallest absolute Gasteiger partial charge is 0.417 e. The fraction of sp³-hybridized carbons (Fsp3) is 0.286. The number of alkyl halides is 3. The van der Waals surface area contributed by atoms with Gasteiger partial charge in [-0.05, 0) is 94.5 Å². The third kappa shape index (κ3) is 7.35. The summed E-state index contributed by atoms with van der Waals surface area (Å²) in [5, 5.41) is 15.3. The lowest BCUT2D eigenvalue weighted by molar-refractivity contribution is -0.139. The molecule has 262 valence electrons. The van der Waals surface area contributed by atoms with E-state index < -0.39 is 32.2 Å². The molecule has 50 heavy (non-hydrogen) atoms. The summed E-state index contributed by atoms with van der Waals surface area (Å²) in [4.78, 5) is -0.987. The lowest BCUT2D eigenvalue weighted by Crippen LogP contribution is -2.46. The van der Waals surface area contributed by atoms with Gasteiger partial charge in [-0.15, -0.1) is 5.10 Å². The van der Waals surface area contributed by atoms with E-state index in [1.807, 2.05) is 12.1 Å². The van der Waals surface area contributed by atoms with Crippen LogP contribution < -0.4 is 25.2 Å². The number of tetrazole rings is 1. The van der Waals surface area contributed by atoms with Crippen molar-refractivity contribution in [1.82, 2.24) is 30.2 Å². The molecule has 2 heterocycles. The molecule has 1 aliphatic heterocycles. The summed E-state index contributed by atoms with van der Waals surface area (Å²) in [6.45, 7) is 1.25. The van der Waals surface area contributed by atoms with Gasteiger partial charge in [-0.1, -0.05) is 54.6 Å². The normalized spacial score (nSPS) is 14.8. The number of ether oxygens (including phenoxy) is 2. The second-order valence-corrected chi connectivity index (χ2v) is 13.7. The zero-order valence-electron chi connectivity index (χ0n) is 27.4. The van der Waals surface area contributed by atoms with E-state index in [1.54, 1.807) is 60.7 Å². The second-order valence-electron chi connectivity index (χ2n) is 12.0. The van der Waals surface area contributed by atoms with Gasteiger partial charge in [0.25, 0.3) is 0 Å². The molecule has 4 aromatic carbocycles. The quantitative estimate of drug-likeness (QED) is 0.171. The van der Waals surface area contributed by atoms with Crippen molar-refractivity contribution in [3.63, 3.8) is 0 Å². The maximum absolute atomic E-state index is 14.8. The van der Waals surface area contributed by atoms with Gasteiger partial charge in [0.15, 0.2) is 5.82 Å². The van der Waals surface area contributed by atoms with E-state index in [4.69, 9.17) is 15.2 Å². The Labute approximate surface area is 287 Å². The Hall–Kier alpha value is -4.83. The summed E-state index contributed by atoms with van der Waals surface area (Å²) >= 11 is 0. The van der Waals surface area contributed by atoms with E-state index in [2.05, 4.69) is 25.6 Å². The number of rotatable bonds is 11. The Balaban J connectivity index is 1.52. The molecule has 1 saturated heterocycles. The average Bonchev–Trinajstić information content (AvgIpc) is 3.58. The number of aromatic nitrogens is 4. The zero-order valence-corrected chi connectivity index (χ0v) is 28.2. The number of hydrogen-bond acceptors (Lipinski definition) is 9. The first kappa shape index (κ1) is 35.0. The lowest BCUT2D eigenvalue weighted by Gasteiger charge is -2.34. The van der Waals surface area contributed by atoms with E-state index in [9.17, 15) is 21.6 Å². The van der Waals surface area contributed by atoms with Crippen LogP contribution >= 0.6 is 0 Å². The van der Waals surface area contributed by atoms with Crippen LogP contribution in [-0.2, 0) is 34.8 Å². The minimum absolute atomic E-state index is 0.0312. The van der Waals surface area contributed by atoms with Crippen molar-refractivity contribution in [2.75, 3.05) is 27.3 Å². The predicted molar refractivity (Wildman–Crippen MR) is 181 cm³/mol. The number of nitrogens with zero attached hydrogens (tertiary/aromatic N) is 4. The molecule has 15 heteroatoms. The van der Waals surface area contributed by atoms with E-state index in [0.717, 1.165) is 24.7 Å². The summed E-state index contributed by atoms with van der Waals surface area (Å²) in [6.07, 6.45) is -3.63. The van der Waals surface area contributed by atoms with Gasteiger partial charge in [0.2, 0.25) is 10.0 Å². The molecule has 5 aromatic rings. The van der Waals surface area contributed by atoms with Crippen molar-refractivity contribution in [2.45, 2.75) is 42.5 Å². The second kappa shape index (κ2) is 14.2. The third-order valence-electron chi connectivity index (χ3n) is 8.87. The highest BCUT2D eigenvalue weighted by Gasteiger charge is 2.41. The third-order valence-corrected chi connectivity index (χ3v) is 10.4. The molecule has 0 spiro atoms. The van der Waals surface area contributed by atoms with Gasteiger partial charge in [-0.2, -0.15) is 13.2 Å². The van der Waals surface area contributed by atoms with Gasteiger partial charge in [0.1, 0.15) is 16.4 Å². The molecule has 0 aliphatic carbocycles. The van der Waals surface area contributed by atoms with Gasteiger partial charge in [0, 0.05) is 17.6 Å². The van der Waals surface area contributed by atoms with Crippen LogP contribution in [0.5, 0.6) is 11.5 Å². The number of nitrogens with two attached hydrogens (primary N) is 1. The molecule has 1 aliphatic rings. The minimum Gasteiger partial charge on any atom is -0.497 e. The summed E-state index contributed by atoms with van der Waals surface area (Å²) < 4.78 is 86.8. The maximum Gasteiger partial charge on any atom is 0.417 e. The Morgan fingerprint density at radius 2 is 1.48 bits per heavy atom. The number of benzene rings is 4. The highest BCUT2D eigenvalue weighted by molar-refractivity contribution is 7.89. The van der Waals surface area contributed by atoms with Crippen LogP contribution in [0.4, 0.5) is 13.2 Å². The largest absolute Gasteiger partial charge is 0.497 e. The molecule has 0 saturated carbocycles. The van der Waals surface area contributed by atoms with Crippen molar-refractivity contribution < 1.29 is 31.1 Å². The molecule has 0 bridgehead atoms. The number of sulfonamides is 1. The molecule has 0 atom stereocenters. The van der Waals surface area contributed by atoms with Crippen LogP contribution in [0.15, 0.2) is 89.8 Å². The van der Waals surface area contributed by atoms with Crippen LogP contribution in [0, 0.1) is 0 Å². The van der Waals surface area contributed by atoms with E-state index in [0.29, 0.717) is 41.0 Å². The SMILES string of the molecule is COc1ccc(CNS(=O)(=O)c2c(C(F)(F)F)ccc(-c3ccc(C4(N)CCNCC4)cc3)c2-c2nnnn2Cc2ccc(OC)cc2)cc1. The molecule has 6 rings (SSSR count). The first-order valence-corrected chi connectivity index (χ1v) is 17.3. The first-order chi connectivity index (χ1) is 23.9. The van der Waals surface area contributed by atoms with Crippen molar-refractivity contribution in [3.05, 3.63) is 107 Å². The Kier molecular flexibility index (Phi) is 9.94. The van der Waals surface area contributed by atoms with E-state index in [-0.39, 0.29) is 30.0 Å². The number of methoxy groups -OCH3 is 2. The molecule has 11 nitrogen and oxygen atoms in total. The topological polar surface area (TPSA) is 146 Å². The fourth-order valence-corrected chi connectivity index (χ4v) is 7.52. The van der Waals surface area contributed by atoms with Crippen LogP contribution in [0.1, 0.15) is 35.1 Å². The van der Waals surface area contributed by atoms with Crippen molar-refractivity contribution >= 4 is 10.0 Å². The molecular weight excluding hydrogens is 671 g/mol. The summed E-state index contributed by atoms with van der Waals surface area (Å²) in [5.74, 6) is 0.986. The summed E-state index contributed by atoms with van der Waals surface area (Å²) in [5.41, 5.74) is 7.24. The monoisotopic (exact) mass is 707 g/mol. The number of halogens is 3. The lowest BCUT2D eigenvalue weighted by atomic mass is 9.82. The molecule has 1 fully saturated rings. The van der Waals surface area contributed by atoms with Crippen LogP contribution in [0.2, 0.25) is 0 Å². The molecule has 0 unspecified atom stereocenters. The fourth-order valence-electron chi connectivity index (χ4n) is 6.08. The molecular formula is C35H36F3N7O4S. The Morgan fingerprint density at radius 3 is 2.06 bits per heavy atom. The first-order valence-electron chi connectivity index (χ1n) is 15.8. The maximum atomic E-state index is 14.8. The molecule has 0 amide bonds. The van der Waals surface area contributed by atoms with E-state index >= 15 is 0 Å². The Bertz CT molecular complexity index is 2050. The van der Waals surface area contributed by atoms with Crippen LogP contribution in [-0.4, -0.2) is 55.9 Å². The highest BCUT2D eigenvalue weighted by Crippen LogP contribution is 2.44. The van der Waals surface area contributed by atoms with Gasteiger partial charge >= 0.3 is 6.18 Å². The molecule has 4 N–H and O–H groups in total.